The quantitative estimate of drug-likeness (QED) is 0.624. The molecule has 1 saturated heterocycles. The van der Waals surface area contributed by atoms with Crippen LogP contribution in [0.2, 0.25) is 5.02 Å². The Bertz CT molecular complexity index is 1050. The number of hydrogen-bond acceptors (Lipinski definition) is 3. The summed E-state index contributed by atoms with van der Waals surface area (Å²) in [6.07, 6.45) is 1.16. The van der Waals surface area contributed by atoms with Crippen molar-refractivity contribution in [3.05, 3.63) is 52.3 Å². The second-order valence-electron chi connectivity index (χ2n) is 8.11. The second kappa shape index (κ2) is 7.21. The normalized spacial score (nSPS) is 20.0. The van der Waals surface area contributed by atoms with Gasteiger partial charge in [-0.1, -0.05) is 37.6 Å². The summed E-state index contributed by atoms with van der Waals surface area (Å²) in [6.45, 7) is 9.85. The van der Waals surface area contributed by atoms with E-state index in [1.54, 1.807) is 4.68 Å². The smallest absolute Gasteiger partial charge is 0.254 e. The van der Waals surface area contributed by atoms with Gasteiger partial charge in [0.1, 0.15) is 0 Å². The van der Waals surface area contributed by atoms with Crippen molar-refractivity contribution >= 4 is 28.5 Å². The van der Waals surface area contributed by atoms with E-state index in [-0.39, 0.29) is 5.91 Å². The fourth-order valence-corrected chi connectivity index (χ4v) is 4.59. The lowest BCUT2D eigenvalue weighted by atomic mass is 9.91. The average molecular weight is 397 g/mol. The largest absolute Gasteiger partial charge is 0.338 e. The standard InChI is InChI=1S/C22H25ClN4O/c1-13-9-14(2)12-26(11-13)22(28)17-10-15(3)24-21-20(17)16(4)25-27(21)19-8-6-5-7-18(19)23/h5-8,10,13-14H,9,11-12H2,1-4H3/t13-,14-/m1/s1. The summed E-state index contributed by atoms with van der Waals surface area (Å²) in [5.74, 6) is 1.09. The van der Waals surface area contributed by atoms with Crippen molar-refractivity contribution in [2.45, 2.75) is 34.1 Å². The first-order valence-corrected chi connectivity index (χ1v) is 10.1. The van der Waals surface area contributed by atoms with Crippen LogP contribution >= 0.6 is 11.6 Å². The fourth-order valence-electron chi connectivity index (χ4n) is 4.37. The summed E-state index contributed by atoms with van der Waals surface area (Å²) in [4.78, 5) is 20.1. The zero-order chi connectivity index (χ0) is 20.0. The molecule has 1 aliphatic heterocycles. The highest BCUT2D eigenvalue weighted by atomic mass is 35.5. The lowest BCUT2D eigenvalue weighted by molar-refractivity contribution is 0.0625. The number of pyridine rings is 1. The van der Waals surface area contributed by atoms with Crippen LogP contribution in [0.1, 0.15) is 42.0 Å². The monoisotopic (exact) mass is 396 g/mol. The molecule has 1 aromatic carbocycles. The molecule has 0 N–H and O–H groups in total. The number of rotatable bonds is 2. The number of hydrogen-bond donors (Lipinski definition) is 0. The van der Waals surface area contributed by atoms with Gasteiger partial charge in [0, 0.05) is 18.8 Å². The molecule has 0 saturated carbocycles. The SMILES string of the molecule is Cc1cc(C(=O)N2C[C@H](C)C[C@@H](C)C2)c2c(C)nn(-c3ccccc3Cl)c2n1. The first kappa shape index (κ1) is 18.9. The van der Waals surface area contributed by atoms with Gasteiger partial charge in [-0.15, -0.1) is 0 Å². The number of likely N-dealkylation sites (tertiary alicyclic amines) is 1. The van der Waals surface area contributed by atoms with Crippen LogP contribution in [0.15, 0.2) is 30.3 Å². The van der Waals surface area contributed by atoms with Crippen LogP contribution in [0, 0.1) is 25.7 Å². The lowest BCUT2D eigenvalue weighted by Crippen LogP contribution is -2.42. The minimum Gasteiger partial charge on any atom is -0.338 e. The van der Waals surface area contributed by atoms with E-state index in [4.69, 9.17) is 16.6 Å². The number of benzene rings is 1. The molecular weight excluding hydrogens is 372 g/mol. The number of nitrogens with zero attached hydrogens (tertiary/aromatic N) is 4. The molecule has 0 radical (unpaired) electrons. The zero-order valence-electron chi connectivity index (χ0n) is 16.7. The Balaban J connectivity index is 1.87. The van der Waals surface area contributed by atoms with E-state index in [1.165, 1.54) is 0 Å². The molecule has 0 bridgehead atoms. The number of para-hydroxylation sites is 1. The Morgan fingerprint density at radius 3 is 2.50 bits per heavy atom. The number of piperidine rings is 1. The molecule has 3 heterocycles. The number of aryl methyl sites for hydroxylation is 2. The van der Waals surface area contributed by atoms with Crippen molar-refractivity contribution < 1.29 is 4.79 Å². The van der Waals surface area contributed by atoms with Crippen molar-refractivity contribution in [1.29, 1.82) is 0 Å². The Morgan fingerprint density at radius 2 is 1.82 bits per heavy atom. The van der Waals surface area contributed by atoms with Crippen LogP contribution in [0.3, 0.4) is 0 Å². The van der Waals surface area contributed by atoms with Gasteiger partial charge in [-0.25, -0.2) is 9.67 Å². The summed E-state index contributed by atoms with van der Waals surface area (Å²) >= 11 is 6.40. The molecule has 2 atom stereocenters. The maximum absolute atomic E-state index is 13.5. The molecule has 0 unspecified atom stereocenters. The second-order valence-corrected chi connectivity index (χ2v) is 8.52. The van der Waals surface area contributed by atoms with Crippen LogP contribution in [-0.2, 0) is 0 Å². The molecule has 6 heteroatoms. The molecule has 2 aromatic heterocycles. The predicted octanol–water partition coefficient (Wildman–Crippen LogP) is 4.81. The van der Waals surface area contributed by atoms with Gasteiger partial charge in [0.15, 0.2) is 5.65 Å². The maximum Gasteiger partial charge on any atom is 0.254 e. The Hall–Kier alpha value is -2.40. The van der Waals surface area contributed by atoms with E-state index >= 15 is 0 Å². The zero-order valence-corrected chi connectivity index (χ0v) is 17.5. The molecule has 0 aliphatic carbocycles. The van der Waals surface area contributed by atoms with E-state index in [9.17, 15) is 4.79 Å². The number of carbonyl (C=O) groups excluding carboxylic acids is 1. The van der Waals surface area contributed by atoms with Crippen molar-refractivity contribution in [2.75, 3.05) is 13.1 Å². The lowest BCUT2D eigenvalue weighted by Gasteiger charge is -2.35. The van der Waals surface area contributed by atoms with Crippen LogP contribution in [0.5, 0.6) is 0 Å². The van der Waals surface area contributed by atoms with E-state index in [1.807, 2.05) is 49.1 Å². The third-order valence-corrected chi connectivity index (χ3v) is 5.73. The number of fused-ring (bicyclic) bond motifs is 1. The number of carbonyl (C=O) groups is 1. The highest BCUT2D eigenvalue weighted by Crippen LogP contribution is 2.30. The van der Waals surface area contributed by atoms with Gasteiger partial charge >= 0.3 is 0 Å². The molecule has 146 valence electrons. The van der Waals surface area contributed by atoms with Crippen LogP contribution in [0.25, 0.3) is 16.7 Å². The minimum atomic E-state index is 0.0655. The van der Waals surface area contributed by atoms with Gasteiger partial charge in [-0.2, -0.15) is 5.10 Å². The van der Waals surface area contributed by atoms with E-state index in [0.29, 0.717) is 28.1 Å². The van der Waals surface area contributed by atoms with Crippen LogP contribution in [-0.4, -0.2) is 38.7 Å². The minimum absolute atomic E-state index is 0.0655. The topological polar surface area (TPSA) is 51.0 Å². The van der Waals surface area contributed by atoms with Crippen LogP contribution in [0.4, 0.5) is 0 Å². The maximum atomic E-state index is 13.5. The molecular formula is C22H25ClN4O. The average Bonchev–Trinajstić information content (AvgIpc) is 2.96. The first-order chi connectivity index (χ1) is 13.3. The fraction of sp³-hybridized carbons (Fsp3) is 0.409. The Labute approximate surface area is 170 Å². The van der Waals surface area contributed by atoms with Gasteiger partial charge in [0.05, 0.1) is 27.4 Å². The molecule has 0 spiro atoms. The molecule has 3 aromatic rings. The molecule has 1 fully saturated rings. The van der Waals surface area contributed by atoms with E-state index in [2.05, 4.69) is 18.9 Å². The molecule has 1 amide bonds. The van der Waals surface area contributed by atoms with Crippen molar-refractivity contribution in [1.82, 2.24) is 19.7 Å². The summed E-state index contributed by atoms with van der Waals surface area (Å²) < 4.78 is 1.75. The van der Waals surface area contributed by atoms with Crippen molar-refractivity contribution in [2.24, 2.45) is 11.8 Å². The molecule has 5 nitrogen and oxygen atoms in total. The highest BCUT2D eigenvalue weighted by Gasteiger charge is 2.29. The summed E-state index contributed by atoms with van der Waals surface area (Å²) in [5, 5.41) is 6.08. The van der Waals surface area contributed by atoms with Crippen LogP contribution < -0.4 is 0 Å². The number of amides is 1. The third-order valence-electron chi connectivity index (χ3n) is 5.41. The summed E-state index contributed by atoms with van der Waals surface area (Å²) in [6, 6.07) is 9.44. The number of aromatic nitrogens is 3. The molecule has 28 heavy (non-hydrogen) atoms. The van der Waals surface area contributed by atoms with Gasteiger partial charge in [0.25, 0.3) is 5.91 Å². The van der Waals surface area contributed by atoms with Crippen molar-refractivity contribution in [3.8, 4) is 5.69 Å². The van der Waals surface area contributed by atoms with Crippen molar-refractivity contribution in [3.63, 3.8) is 0 Å². The number of halogens is 1. The van der Waals surface area contributed by atoms with E-state index in [0.717, 1.165) is 42.0 Å². The highest BCUT2D eigenvalue weighted by molar-refractivity contribution is 6.32. The van der Waals surface area contributed by atoms with Gasteiger partial charge in [0.2, 0.25) is 0 Å². The summed E-state index contributed by atoms with van der Waals surface area (Å²) in [7, 11) is 0. The van der Waals surface area contributed by atoms with Gasteiger partial charge < -0.3 is 4.90 Å². The van der Waals surface area contributed by atoms with Gasteiger partial charge in [-0.3, -0.25) is 4.79 Å². The summed E-state index contributed by atoms with van der Waals surface area (Å²) in [5.41, 5.74) is 3.69. The molecule has 4 rings (SSSR count). The van der Waals surface area contributed by atoms with Gasteiger partial charge in [-0.05, 0) is 50.3 Å². The molecule has 1 aliphatic rings. The predicted molar refractivity (Wildman–Crippen MR) is 112 cm³/mol. The Morgan fingerprint density at radius 1 is 1.14 bits per heavy atom. The van der Waals surface area contributed by atoms with E-state index < -0.39 is 0 Å². The third kappa shape index (κ3) is 3.28. The Kier molecular flexibility index (Phi) is 4.88. The first-order valence-electron chi connectivity index (χ1n) is 9.76.